The Balaban J connectivity index is 1.78. The third-order valence-corrected chi connectivity index (χ3v) is 4.70. The average Bonchev–Trinajstić information content (AvgIpc) is 2.95. The minimum absolute atomic E-state index is 0.267. The molecule has 0 aliphatic heterocycles. The molecule has 6 heteroatoms. The van der Waals surface area contributed by atoms with Crippen LogP contribution in [0.5, 0.6) is 0 Å². The predicted molar refractivity (Wildman–Crippen MR) is 102 cm³/mol. The van der Waals surface area contributed by atoms with Gasteiger partial charge in [-0.3, -0.25) is 4.79 Å². The summed E-state index contributed by atoms with van der Waals surface area (Å²) < 4.78 is 7.62. The summed E-state index contributed by atoms with van der Waals surface area (Å²) >= 11 is 3.33. The van der Waals surface area contributed by atoms with E-state index in [9.17, 15) is 9.59 Å². The molecule has 0 atom stereocenters. The summed E-state index contributed by atoms with van der Waals surface area (Å²) in [4.78, 5) is 24.8. The molecular weight excluding hydrogens is 396 g/mol. The number of benzene rings is 2. The molecule has 26 heavy (non-hydrogen) atoms. The number of rotatable bonds is 5. The van der Waals surface area contributed by atoms with E-state index in [1.807, 2.05) is 36.4 Å². The van der Waals surface area contributed by atoms with Crippen LogP contribution in [0.3, 0.4) is 0 Å². The highest BCUT2D eigenvalue weighted by molar-refractivity contribution is 9.10. The van der Waals surface area contributed by atoms with Gasteiger partial charge in [0.05, 0.1) is 17.1 Å². The van der Waals surface area contributed by atoms with E-state index in [1.54, 1.807) is 36.7 Å². The number of aryl methyl sites for hydroxylation is 1. The van der Waals surface area contributed by atoms with Crippen molar-refractivity contribution in [2.45, 2.75) is 13.8 Å². The standard InChI is InChI=1S/C20H17BrN2O3/c1-13-19(14(2)23(22-13)15-8-4-3-5-9-15)20(25)26-12-18(24)16-10-6-7-11-17(16)21/h3-11H,12H2,1-2H3. The molecule has 3 aromatic rings. The van der Waals surface area contributed by atoms with Crippen LogP contribution in [-0.2, 0) is 4.74 Å². The number of esters is 1. The van der Waals surface area contributed by atoms with Crippen LogP contribution in [0.25, 0.3) is 5.69 Å². The van der Waals surface area contributed by atoms with E-state index >= 15 is 0 Å². The van der Waals surface area contributed by atoms with Gasteiger partial charge in [0.1, 0.15) is 5.56 Å². The lowest BCUT2D eigenvalue weighted by atomic mass is 10.1. The molecule has 3 rings (SSSR count). The Morgan fingerprint density at radius 1 is 1.04 bits per heavy atom. The highest BCUT2D eigenvalue weighted by atomic mass is 79.9. The minimum Gasteiger partial charge on any atom is -0.454 e. The Kier molecular flexibility index (Phi) is 5.32. The third kappa shape index (κ3) is 3.60. The lowest BCUT2D eigenvalue weighted by Gasteiger charge is -2.07. The number of carbonyl (C=O) groups is 2. The molecule has 0 fully saturated rings. The van der Waals surface area contributed by atoms with Crippen molar-refractivity contribution in [2.24, 2.45) is 0 Å². The van der Waals surface area contributed by atoms with Gasteiger partial charge in [0.25, 0.3) is 0 Å². The van der Waals surface area contributed by atoms with Crippen LogP contribution in [0.2, 0.25) is 0 Å². The van der Waals surface area contributed by atoms with Crippen molar-refractivity contribution < 1.29 is 14.3 Å². The summed E-state index contributed by atoms with van der Waals surface area (Å²) in [5.41, 5.74) is 2.95. The van der Waals surface area contributed by atoms with Crippen molar-refractivity contribution in [1.82, 2.24) is 9.78 Å². The maximum Gasteiger partial charge on any atom is 0.342 e. The highest BCUT2D eigenvalue weighted by Crippen LogP contribution is 2.20. The maximum absolute atomic E-state index is 12.5. The van der Waals surface area contributed by atoms with Gasteiger partial charge >= 0.3 is 5.97 Å². The fourth-order valence-electron chi connectivity index (χ4n) is 2.73. The minimum atomic E-state index is -0.553. The van der Waals surface area contributed by atoms with Gasteiger partial charge in [0.2, 0.25) is 5.78 Å². The van der Waals surface area contributed by atoms with Crippen molar-refractivity contribution in [2.75, 3.05) is 6.61 Å². The van der Waals surface area contributed by atoms with E-state index < -0.39 is 5.97 Å². The van der Waals surface area contributed by atoms with Crippen LogP contribution in [0.4, 0.5) is 0 Å². The topological polar surface area (TPSA) is 61.2 Å². The lowest BCUT2D eigenvalue weighted by Crippen LogP contribution is -2.16. The molecule has 0 amide bonds. The number of aromatic nitrogens is 2. The monoisotopic (exact) mass is 412 g/mol. The second kappa shape index (κ2) is 7.66. The highest BCUT2D eigenvalue weighted by Gasteiger charge is 2.22. The number of halogens is 1. The summed E-state index contributed by atoms with van der Waals surface area (Å²) in [6, 6.07) is 16.6. The summed E-state index contributed by atoms with van der Waals surface area (Å²) in [6.45, 7) is 3.23. The van der Waals surface area contributed by atoms with Gasteiger partial charge in [0, 0.05) is 10.0 Å². The number of ether oxygens (including phenoxy) is 1. The summed E-state index contributed by atoms with van der Waals surface area (Å²) in [6.07, 6.45) is 0. The molecule has 0 saturated carbocycles. The molecule has 0 bridgehead atoms. The zero-order chi connectivity index (χ0) is 18.7. The fourth-order valence-corrected chi connectivity index (χ4v) is 3.23. The molecule has 0 spiro atoms. The van der Waals surface area contributed by atoms with Crippen LogP contribution in [0.15, 0.2) is 59.1 Å². The van der Waals surface area contributed by atoms with Crippen molar-refractivity contribution in [3.8, 4) is 5.69 Å². The van der Waals surface area contributed by atoms with Crippen LogP contribution >= 0.6 is 15.9 Å². The van der Waals surface area contributed by atoms with Gasteiger partial charge in [-0.1, -0.05) is 52.3 Å². The summed E-state index contributed by atoms with van der Waals surface area (Å²) in [7, 11) is 0. The van der Waals surface area contributed by atoms with Crippen molar-refractivity contribution in [3.05, 3.63) is 81.6 Å². The van der Waals surface area contributed by atoms with Crippen molar-refractivity contribution in [1.29, 1.82) is 0 Å². The molecule has 5 nitrogen and oxygen atoms in total. The Labute approximate surface area is 159 Å². The molecular formula is C20H17BrN2O3. The van der Waals surface area contributed by atoms with Gasteiger partial charge in [-0.25, -0.2) is 9.48 Å². The van der Waals surface area contributed by atoms with Gasteiger partial charge in [-0.05, 0) is 32.0 Å². The van der Waals surface area contributed by atoms with E-state index in [0.29, 0.717) is 27.0 Å². The van der Waals surface area contributed by atoms with E-state index in [2.05, 4.69) is 21.0 Å². The molecule has 0 N–H and O–H groups in total. The van der Waals surface area contributed by atoms with E-state index in [-0.39, 0.29) is 12.4 Å². The second-order valence-electron chi connectivity index (χ2n) is 5.77. The zero-order valence-corrected chi connectivity index (χ0v) is 16.0. The van der Waals surface area contributed by atoms with Crippen LogP contribution < -0.4 is 0 Å². The first-order chi connectivity index (χ1) is 12.5. The van der Waals surface area contributed by atoms with Crippen LogP contribution in [0.1, 0.15) is 32.1 Å². The first-order valence-corrected chi connectivity index (χ1v) is 8.85. The Morgan fingerprint density at radius 2 is 1.69 bits per heavy atom. The Bertz CT molecular complexity index is 964. The van der Waals surface area contributed by atoms with Crippen LogP contribution in [0, 0.1) is 13.8 Å². The molecule has 0 unspecified atom stereocenters. The first-order valence-electron chi connectivity index (χ1n) is 8.05. The number of nitrogens with zero attached hydrogens (tertiary/aromatic N) is 2. The van der Waals surface area contributed by atoms with Gasteiger partial charge < -0.3 is 4.74 Å². The molecule has 1 aromatic heterocycles. The van der Waals surface area contributed by atoms with E-state index in [4.69, 9.17) is 4.74 Å². The Hall–Kier alpha value is -2.73. The second-order valence-corrected chi connectivity index (χ2v) is 6.63. The first kappa shape index (κ1) is 18.1. The number of hydrogen-bond donors (Lipinski definition) is 0. The van der Waals surface area contributed by atoms with Crippen LogP contribution in [-0.4, -0.2) is 28.1 Å². The predicted octanol–water partition coefficient (Wildman–Crippen LogP) is 4.29. The number of ketones is 1. The number of para-hydroxylation sites is 1. The Morgan fingerprint density at radius 3 is 2.38 bits per heavy atom. The lowest BCUT2D eigenvalue weighted by molar-refractivity contribution is 0.0473. The number of Topliss-reactive ketones (excluding diaryl/α,β-unsaturated/α-hetero) is 1. The number of carbonyl (C=O) groups excluding carboxylic acids is 2. The fraction of sp³-hybridized carbons (Fsp3) is 0.150. The van der Waals surface area contributed by atoms with Gasteiger partial charge in [-0.15, -0.1) is 0 Å². The summed E-state index contributed by atoms with van der Waals surface area (Å²) in [5.74, 6) is -0.820. The van der Waals surface area contributed by atoms with E-state index in [0.717, 1.165) is 5.69 Å². The van der Waals surface area contributed by atoms with Crippen molar-refractivity contribution in [3.63, 3.8) is 0 Å². The molecule has 0 aliphatic rings. The molecule has 0 radical (unpaired) electrons. The molecule has 2 aromatic carbocycles. The van der Waals surface area contributed by atoms with Gasteiger partial charge in [0.15, 0.2) is 6.61 Å². The molecule has 1 heterocycles. The quantitative estimate of drug-likeness (QED) is 0.463. The molecule has 132 valence electrons. The third-order valence-electron chi connectivity index (χ3n) is 4.00. The maximum atomic E-state index is 12.5. The normalized spacial score (nSPS) is 10.6. The van der Waals surface area contributed by atoms with Gasteiger partial charge in [-0.2, -0.15) is 5.10 Å². The number of hydrogen-bond acceptors (Lipinski definition) is 4. The largest absolute Gasteiger partial charge is 0.454 e. The van der Waals surface area contributed by atoms with E-state index in [1.165, 1.54) is 0 Å². The summed E-state index contributed by atoms with van der Waals surface area (Å²) in [5, 5.41) is 4.42. The average molecular weight is 413 g/mol. The molecule has 0 saturated heterocycles. The molecule has 0 aliphatic carbocycles. The zero-order valence-electron chi connectivity index (χ0n) is 14.4. The van der Waals surface area contributed by atoms with Crippen molar-refractivity contribution >= 4 is 27.7 Å². The smallest absolute Gasteiger partial charge is 0.342 e. The SMILES string of the molecule is Cc1nn(-c2ccccc2)c(C)c1C(=O)OCC(=O)c1ccccc1Br.